The third-order valence-corrected chi connectivity index (χ3v) is 1.66. The molecule has 0 saturated heterocycles. The minimum Gasteiger partial charge on any atom is -0.333 e. The van der Waals surface area contributed by atoms with Gasteiger partial charge in [-0.15, -0.1) is 0 Å². The van der Waals surface area contributed by atoms with E-state index in [4.69, 9.17) is 0 Å². The van der Waals surface area contributed by atoms with Gasteiger partial charge in [-0.25, -0.2) is 0 Å². The molecule has 0 spiro atoms. The standard InChI is InChI=1S/C10H8.CH5N/c1-2-6-10-8-4-3-7-9(10)5-1;1-2/h1-8H;2H2,1H3. The van der Waals surface area contributed by atoms with Crippen molar-refractivity contribution >= 4 is 10.8 Å². The second-order valence-corrected chi connectivity index (χ2v) is 2.35. The predicted octanol–water partition coefficient (Wildman–Crippen LogP) is 2.41. The molecule has 1 heteroatoms. The van der Waals surface area contributed by atoms with Crippen LogP contribution >= 0.6 is 0 Å². The first-order valence-corrected chi connectivity index (χ1v) is 3.98. The summed E-state index contributed by atoms with van der Waals surface area (Å²) in [4.78, 5) is 0. The molecule has 2 N–H and O–H groups in total. The Morgan fingerprint density at radius 1 is 0.667 bits per heavy atom. The monoisotopic (exact) mass is 159 g/mol. The smallest absolute Gasteiger partial charge is 0.0184 e. The molecular weight excluding hydrogens is 146 g/mol. The lowest BCUT2D eigenvalue weighted by molar-refractivity contribution is 1.48. The van der Waals surface area contributed by atoms with E-state index >= 15 is 0 Å². The predicted molar refractivity (Wildman–Crippen MR) is 54.1 cm³/mol. The van der Waals surface area contributed by atoms with Gasteiger partial charge in [0.1, 0.15) is 0 Å². The largest absolute Gasteiger partial charge is 0.333 e. The lowest BCUT2D eigenvalue weighted by Gasteiger charge is -1.92. The fraction of sp³-hybridized carbons (Fsp3) is 0.0909. The Morgan fingerprint density at radius 3 is 1.17 bits per heavy atom. The van der Waals surface area contributed by atoms with E-state index in [9.17, 15) is 0 Å². The number of hydrogen-bond donors (Lipinski definition) is 1. The molecule has 12 heavy (non-hydrogen) atoms. The maximum Gasteiger partial charge on any atom is -0.0184 e. The highest BCUT2D eigenvalue weighted by atomic mass is 14.4. The van der Waals surface area contributed by atoms with Gasteiger partial charge < -0.3 is 5.73 Å². The zero-order chi connectivity index (χ0) is 8.81. The number of nitrogens with two attached hydrogens (primary N) is 1. The summed E-state index contributed by atoms with van der Waals surface area (Å²) >= 11 is 0. The van der Waals surface area contributed by atoms with Gasteiger partial charge >= 0.3 is 0 Å². The first kappa shape index (κ1) is 8.75. The quantitative estimate of drug-likeness (QED) is 0.627. The highest BCUT2D eigenvalue weighted by Crippen LogP contribution is 2.11. The Labute approximate surface area is 72.8 Å². The van der Waals surface area contributed by atoms with E-state index in [1.165, 1.54) is 17.8 Å². The topological polar surface area (TPSA) is 26.0 Å². The first-order chi connectivity index (χ1) is 5.97. The second-order valence-electron chi connectivity index (χ2n) is 2.35. The van der Waals surface area contributed by atoms with Crippen molar-refractivity contribution in [3.05, 3.63) is 48.5 Å². The maximum absolute atomic E-state index is 4.50. The molecule has 2 aromatic carbocycles. The van der Waals surface area contributed by atoms with E-state index in [0.717, 1.165) is 0 Å². The molecule has 0 aliphatic carbocycles. The van der Waals surface area contributed by atoms with E-state index in [0.29, 0.717) is 0 Å². The normalized spacial score (nSPS) is 8.83. The van der Waals surface area contributed by atoms with Gasteiger partial charge in [-0.05, 0) is 17.8 Å². The molecule has 0 fully saturated rings. The van der Waals surface area contributed by atoms with Gasteiger partial charge in [0.25, 0.3) is 0 Å². The van der Waals surface area contributed by atoms with Crippen LogP contribution in [0.5, 0.6) is 0 Å². The minimum absolute atomic E-state index is 1.31. The summed E-state index contributed by atoms with van der Waals surface area (Å²) in [7, 11) is 1.50. The molecule has 0 aliphatic heterocycles. The van der Waals surface area contributed by atoms with Crippen molar-refractivity contribution in [1.29, 1.82) is 0 Å². The zero-order valence-electron chi connectivity index (χ0n) is 7.20. The molecule has 0 radical (unpaired) electrons. The minimum atomic E-state index is 1.31. The average Bonchev–Trinajstić information content (AvgIpc) is 2.21. The van der Waals surface area contributed by atoms with Gasteiger partial charge in [0.05, 0.1) is 0 Å². The fourth-order valence-corrected chi connectivity index (χ4v) is 1.13. The van der Waals surface area contributed by atoms with Gasteiger partial charge in [0, 0.05) is 0 Å². The molecule has 0 aromatic heterocycles. The van der Waals surface area contributed by atoms with Gasteiger partial charge in [-0.1, -0.05) is 48.5 Å². The molecule has 2 aromatic rings. The molecule has 0 saturated carbocycles. The summed E-state index contributed by atoms with van der Waals surface area (Å²) < 4.78 is 0. The van der Waals surface area contributed by atoms with Gasteiger partial charge in [-0.2, -0.15) is 0 Å². The summed E-state index contributed by atoms with van der Waals surface area (Å²) in [6.45, 7) is 0. The van der Waals surface area contributed by atoms with Gasteiger partial charge in [-0.3, -0.25) is 0 Å². The number of rotatable bonds is 0. The second kappa shape index (κ2) is 4.52. The fourth-order valence-electron chi connectivity index (χ4n) is 1.13. The molecule has 0 aliphatic rings. The first-order valence-electron chi connectivity index (χ1n) is 3.98. The molecular formula is C11H13N. The summed E-state index contributed by atoms with van der Waals surface area (Å²) in [5.41, 5.74) is 4.50. The third-order valence-electron chi connectivity index (χ3n) is 1.66. The van der Waals surface area contributed by atoms with Crippen molar-refractivity contribution in [2.24, 2.45) is 5.73 Å². The Kier molecular flexibility index (Phi) is 3.30. The Morgan fingerprint density at radius 2 is 0.917 bits per heavy atom. The van der Waals surface area contributed by atoms with Crippen molar-refractivity contribution in [2.45, 2.75) is 0 Å². The molecule has 2 rings (SSSR count). The molecule has 62 valence electrons. The van der Waals surface area contributed by atoms with Crippen LogP contribution in [0.15, 0.2) is 48.5 Å². The van der Waals surface area contributed by atoms with Crippen LogP contribution in [0.4, 0.5) is 0 Å². The van der Waals surface area contributed by atoms with Crippen LogP contribution in [0.1, 0.15) is 0 Å². The molecule has 0 bridgehead atoms. The van der Waals surface area contributed by atoms with Crippen LogP contribution in [-0.4, -0.2) is 7.05 Å². The highest BCUT2D eigenvalue weighted by molar-refractivity contribution is 5.81. The number of hydrogen-bond acceptors (Lipinski definition) is 1. The van der Waals surface area contributed by atoms with Crippen molar-refractivity contribution < 1.29 is 0 Å². The number of benzene rings is 2. The van der Waals surface area contributed by atoms with Crippen LogP contribution in [0, 0.1) is 0 Å². The molecule has 0 amide bonds. The van der Waals surface area contributed by atoms with E-state index < -0.39 is 0 Å². The Bertz CT molecular complexity index is 276. The third kappa shape index (κ3) is 1.83. The van der Waals surface area contributed by atoms with E-state index in [1.54, 1.807) is 0 Å². The summed E-state index contributed by atoms with van der Waals surface area (Å²) in [6, 6.07) is 16.7. The van der Waals surface area contributed by atoms with E-state index in [-0.39, 0.29) is 0 Å². The maximum atomic E-state index is 4.50. The van der Waals surface area contributed by atoms with Crippen LogP contribution < -0.4 is 5.73 Å². The van der Waals surface area contributed by atoms with Crippen molar-refractivity contribution in [1.82, 2.24) is 0 Å². The van der Waals surface area contributed by atoms with Crippen LogP contribution in [0.25, 0.3) is 10.8 Å². The molecule has 0 atom stereocenters. The lowest BCUT2D eigenvalue weighted by Crippen LogP contribution is -1.69. The van der Waals surface area contributed by atoms with Crippen molar-refractivity contribution in [3.63, 3.8) is 0 Å². The summed E-state index contributed by atoms with van der Waals surface area (Å²) in [5, 5.41) is 2.62. The Balaban J connectivity index is 0.000000336. The van der Waals surface area contributed by atoms with Gasteiger partial charge in [0.2, 0.25) is 0 Å². The van der Waals surface area contributed by atoms with E-state index in [1.807, 2.05) is 0 Å². The molecule has 1 nitrogen and oxygen atoms in total. The Hall–Kier alpha value is -1.34. The van der Waals surface area contributed by atoms with Gasteiger partial charge in [0.15, 0.2) is 0 Å². The average molecular weight is 159 g/mol. The summed E-state index contributed by atoms with van der Waals surface area (Å²) in [5.74, 6) is 0. The van der Waals surface area contributed by atoms with Crippen molar-refractivity contribution in [2.75, 3.05) is 7.05 Å². The molecule has 0 heterocycles. The number of fused-ring (bicyclic) bond motifs is 1. The SMILES string of the molecule is CN.c1ccc2ccccc2c1. The van der Waals surface area contributed by atoms with Crippen molar-refractivity contribution in [3.8, 4) is 0 Å². The van der Waals surface area contributed by atoms with E-state index in [2.05, 4.69) is 54.3 Å². The van der Waals surface area contributed by atoms with Crippen LogP contribution in [0.2, 0.25) is 0 Å². The molecule has 0 unspecified atom stereocenters. The zero-order valence-corrected chi connectivity index (χ0v) is 7.20. The lowest BCUT2D eigenvalue weighted by atomic mass is 10.1. The summed E-state index contributed by atoms with van der Waals surface area (Å²) in [6.07, 6.45) is 0. The van der Waals surface area contributed by atoms with Crippen LogP contribution in [-0.2, 0) is 0 Å². The highest BCUT2D eigenvalue weighted by Gasteiger charge is 1.85. The van der Waals surface area contributed by atoms with Crippen LogP contribution in [0.3, 0.4) is 0 Å².